The Bertz CT molecular complexity index is 814. The van der Waals surface area contributed by atoms with E-state index in [2.05, 4.69) is 5.32 Å². The molecule has 0 aliphatic heterocycles. The molecule has 1 atom stereocenters. The number of nitrogens with one attached hydrogen (secondary N) is 1. The van der Waals surface area contributed by atoms with E-state index in [1.165, 1.54) is 0 Å². The second-order valence-electron chi connectivity index (χ2n) is 5.81. The molecule has 0 fully saturated rings. The number of carbonyl (C=O) groups is 2. The van der Waals surface area contributed by atoms with Crippen LogP contribution >= 0.6 is 0 Å². The molecule has 0 bridgehead atoms. The van der Waals surface area contributed by atoms with Gasteiger partial charge in [-0.05, 0) is 35.4 Å². The van der Waals surface area contributed by atoms with E-state index in [-0.39, 0.29) is 17.5 Å². The van der Waals surface area contributed by atoms with Crippen LogP contribution in [0.2, 0.25) is 0 Å². The quantitative estimate of drug-likeness (QED) is 0.748. The molecule has 27 heavy (non-hydrogen) atoms. The molecular weight excluding hydrogens is 373 g/mol. The SMILES string of the molecule is O=C(Cc1cc(F)cc(F)c1)N[C@H](Cc1ccc(C(F)(F)F)cc1)C(=O)O. The number of halogens is 5. The average Bonchev–Trinajstić information content (AvgIpc) is 2.52. The monoisotopic (exact) mass is 387 g/mol. The van der Waals surface area contributed by atoms with Crippen molar-refractivity contribution in [1.29, 1.82) is 0 Å². The number of benzene rings is 2. The zero-order valence-corrected chi connectivity index (χ0v) is 13.7. The molecule has 0 unspecified atom stereocenters. The molecule has 0 aromatic heterocycles. The molecule has 2 rings (SSSR count). The molecule has 2 aromatic rings. The molecule has 2 N–H and O–H groups in total. The smallest absolute Gasteiger partial charge is 0.416 e. The molecule has 0 heterocycles. The number of aliphatic carboxylic acids is 1. The Morgan fingerprint density at radius 2 is 1.52 bits per heavy atom. The molecule has 2 aromatic carbocycles. The van der Waals surface area contributed by atoms with Gasteiger partial charge in [0.2, 0.25) is 5.91 Å². The minimum absolute atomic E-state index is 0.0173. The van der Waals surface area contributed by atoms with Gasteiger partial charge in [-0.15, -0.1) is 0 Å². The number of carboxylic acids is 1. The first-order valence-corrected chi connectivity index (χ1v) is 7.68. The Labute approximate surface area is 150 Å². The molecule has 1 amide bonds. The van der Waals surface area contributed by atoms with Crippen LogP contribution in [0.1, 0.15) is 16.7 Å². The lowest BCUT2D eigenvalue weighted by Crippen LogP contribution is -2.43. The summed E-state index contributed by atoms with van der Waals surface area (Å²) < 4.78 is 63.9. The maximum Gasteiger partial charge on any atom is 0.416 e. The summed E-state index contributed by atoms with van der Waals surface area (Å²) in [6.45, 7) is 0. The standard InChI is InChI=1S/C18H14F5NO3/c19-13-5-11(6-14(20)9-13)8-16(25)24-15(17(26)27)7-10-1-3-12(4-2-10)18(21,22)23/h1-6,9,15H,7-8H2,(H,24,25)(H,26,27)/t15-/m1/s1. The van der Waals surface area contributed by atoms with E-state index >= 15 is 0 Å². The topological polar surface area (TPSA) is 66.4 Å². The molecule has 0 aliphatic carbocycles. The molecule has 9 heteroatoms. The lowest BCUT2D eigenvalue weighted by Gasteiger charge is -2.15. The highest BCUT2D eigenvalue weighted by molar-refractivity contribution is 5.85. The van der Waals surface area contributed by atoms with Crippen LogP contribution < -0.4 is 5.32 Å². The maximum absolute atomic E-state index is 13.1. The largest absolute Gasteiger partial charge is 0.480 e. The molecule has 0 saturated heterocycles. The van der Waals surface area contributed by atoms with E-state index < -0.39 is 47.7 Å². The third-order valence-corrected chi connectivity index (χ3v) is 3.64. The van der Waals surface area contributed by atoms with Crippen LogP contribution in [0.4, 0.5) is 22.0 Å². The summed E-state index contributed by atoms with van der Waals surface area (Å²) in [5.41, 5.74) is -0.591. The second kappa shape index (κ2) is 8.15. The highest BCUT2D eigenvalue weighted by Gasteiger charge is 2.30. The van der Waals surface area contributed by atoms with Gasteiger partial charge in [-0.1, -0.05) is 12.1 Å². The van der Waals surface area contributed by atoms with Gasteiger partial charge in [0.1, 0.15) is 17.7 Å². The van der Waals surface area contributed by atoms with Crippen molar-refractivity contribution in [2.24, 2.45) is 0 Å². The van der Waals surface area contributed by atoms with E-state index in [0.29, 0.717) is 6.07 Å². The molecular formula is C18H14F5NO3. The van der Waals surface area contributed by atoms with Crippen LogP contribution in [0, 0.1) is 11.6 Å². The Morgan fingerprint density at radius 3 is 2.00 bits per heavy atom. The zero-order chi connectivity index (χ0) is 20.2. The zero-order valence-electron chi connectivity index (χ0n) is 13.7. The second-order valence-corrected chi connectivity index (χ2v) is 5.81. The number of carbonyl (C=O) groups excluding carboxylic acids is 1. The number of hydrogen-bond acceptors (Lipinski definition) is 2. The molecule has 0 saturated carbocycles. The summed E-state index contributed by atoms with van der Waals surface area (Å²) in [4.78, 5) is 23.3. The van der Waals surface area contributed by atoms with E-state index in [4.69, 9.17) is 0 Å². The highest BCUT2D eigenvalue weighted by atomic mass is 19.4. The molecule has 0 spiro atoms. The van der Waals surface area contributed by atoms with Gasteiger partial charge in [0.15, 0.2) is 0 Å². The summed E-state index contributed by atoms with van der Waals surface area (Å²) in [5, 5.41) is 11.4. The van der Waals surface area contributed by atoms with Gasteiger partial charge in [-0.3, -0.25) is 4.79 Å². The van der Waals surface area contributed by atoms with Crippen LogP contribution in [0.25, 0.3) is 0 Å². The van der Waals surface area contributed by atoms with Crippen LogP contribution in [0.5, 0.6) is 0 Å². The van der Waals surface area contributed by atoms with Crippen molar-refractivity contribution in [1.82, 2.24) is 5.32 Å². The van der Waals surface area contributed by atoms with Crippen molar-refractivity contribution in [2.45, 2.75) is 25.1 Å². The maximum atomic E-state index is 13.1. The molecule has 0 aliphatic rings. The van der Waals surface area contributed by atoms with Gasteiger partial charge in [0.05, 0.1) is 12.0 Å². The van der Waals surface area contributed by atoms with E-state index in [9.17, 15) is 36.6 Å². The molecule has 4 nitrogen and oxygen atoms in total. The van der Waals surface area contributed by atoms with Gasteiger partial charge in [0, 0.05) is 12.5 Å². The fraction of sp³-hybridized carbons (Fsp3) is 0.222. The minimum Gasteiger partial charge on any atom is -0.480 e. The van der Waals surface area contributed by atoms with Crippen molar-refractivity contribution in [3.63, 3.8) is 0 Å². The fourth-order valence-electron chi connectivity index (χ4n) is 2.41. The lowest BCUT2D eigenvalue weighted by molar-refractivity contribution is -0.141. The normalized spacial score (nSPS) is 12.5. The minimum atomic E-state index is -4.51. The van der Waals surface area contributed by atoms with Crippen molar-refractivity contribution >= 4 is 11.9 Å². The van der Waals surface area contributed by atoms with Crippen LogP contribution in [-0.2, 0) is 28.6 Å². The average molecular weight is 387 g/mol. The number of alkyl halides is 3. The van der Waals surface area contributed by atoms with Gasteiger partial charge in [-0.25, -0.2) is 13.6 Å². The van der Waals surface area contributed by atoms with Gasteiger partial charge in [-0.2, -0.15) is 13.2 Å². The summed E-state index contributed by atoms with van der Waals surface area (Å²) in [7, 11) is 0. The Kier molecular flexibility index (Phi) is 6.14. The predicted octanol–water partition coefficient (Wildman–Crippen LogP) is 3.34. The fourth-order valence-corrected chi connectivity index (χ4v) is 2.41. The first-order chi connectivity index (χ1) is 12.5. The summed E-state index contributed by atoms with van der Waals surface area (Å²) in [6, 6.07) is 4.96. The number of rotatable bonds is 6. The van der Waals surface area contributed by atoms with Gasteiger partial charge in [0.25, 0.3) is 0 Å². The Hall–Kier alpha value is -2.97. The Morgan fingerprint density at radius 1 is 0.963 bits per heavy atom. The summed E-state index contributed by atoms with van der Waals surface area (Å²) in [5.74, 6) is -3.94. The number of amides is 1. The predicted molar refractivity (Wildman–Crippen MR) is 84.8 cm³/mol. The van der Waals surface area contributed by atoms with Crippen molar-refractivity contribution in [3.8, 4) is 0 Å². The van der Waals surface area contributed by atoms with Gasteiger partial charge >= 0.3 is 12.1 Å². The number of carboxylic acid groups (broad SMARTS) is 1. The lowest BCUT2D eigenvalue weighted by atomic mass is 10.0. The van der Waals surface area contributed by atoms with Crippen molar-refractivity contribution in [2.75, 3.05) is 0 Å². The van der Waals surface area contributed by atoms with Crippen LogP contribution in [0.3, 0.4) is 0 Å². The van der Waals surface area contributed by atoms with Crippen LogP contribution in [-0.4, -0.2) is 23.0 Å². The molecule has 0 radical (unpaired) electrons. The number of hydrogen-bond donors (Lipinski definition) is 2. The molecule has 144 valence electrons. The highest BCUT2D eigenvalue weighted by Crippen LogP contribution is 2.29. The van der Waals surface area contributed by atoms with Crippen molar-refractivity contribution in [3.05, 3.63) is 70.8 Å². The van der Waals surface area contributed by atoms with Crippen molar-refractivity contribution < 1.29 is 36.6 Å². The summed E-state index contributed by atoms with van der Waals surface area (Å²) >= 11 is 0. The summed E-state index contributed by atoms with van der Waals surface area (Å²) in [6.07, 6.45) is -5.22. The van der Waals surface area contributed by atoms with Gasteiger partial charge < -0.3 is 10.4 Å². The Balaban J connectivity index is 2.04. The van der Waals surface area contributed by atoms with E-state index in [1.807, 2.05) is 0 Å². The van der Waals surface area contributed by atoms with E-state index in [1.54, 1.807) is 0 Å². The first kappa shape index (κ1) is 20.3. The third kappa shape index (κ3) is 6.05. The van der Waals surface area contributed by atoms with E-state index in [0.717, 1.165) is 36.4 Å². The third-order valence-electron chi connectivity index (χ3n) is 3.64. The first-order valence-electron chi connectivity index (χ1n) is 7.68. The van der Waals surface area contributed by atoms with Crippen LogP contribution in [0.15, 0.2) is 42.5 Å².